The number of aryl methyl sites for hydroxylation is 1. The monoisotopic (exact) mass is 280 g/mol. The van der Waals surface area contributed by atoms with Crippen LogP contribution >= 0.6 is 0 Å². The molecule has 0 radical (unpaired) electrons. The normalized spacial score (nSPS) is 25.6. The van der Waals surface area contributed by atoms with Crippen molar-refractivity contribution in [2.45, 2.75) is 45.4 Å². The highest BCUT2D eigenvalue weighted by Crippen LogP contribution is 2.19. The Kier molecular flexibility index (Phi) is 5.13. The van der Waals surface area contributed by atoms with E-state index in [4.69, 9.17) is 10.5 Å². The molecule has 1 heterocycles. The van der Waals surface area contributed by atoms with Crippen LogP contribution in [-0.4, -0.2) is 36.7 Å². The molecule has 20 heavy (non-hydrogen) atoms. The van der Waals surface area contributed by atoms with E-state index in [2.05, 4.69) is 18.7 Å². The summed E-state index contributed by atoms with van der Waals surface area (Å²) in [6, 6.07) is 5.59. The Labute approximate surface area is 120 Å². The van der Waals surface area contributed by atoms with Crippen molar-refractivity contribution in [3.63, 3.8) is 0 Å². The van der Waals surface area contributed by atoms with Gasteiger partial charge >= 0.3 is 0 Å². The molecule has 0 aliphatic carbocycles. The van der Waals surface area contributed by atoms with Gasteiger partial charge in [-0.15, -0.1) is 0 Å². The fourth-order valence-electron chi connectivity index (χ4n) is 2.59. The van der Waals surface area contributed by atoms with Crippen molar-refractivity contribution in [2.75, 3.05) is 19.7 Å². The van der Waals surface area contributed by atoms with Gasteiger partial charge in [0, 0.05) is 25.2 Å². The zero-order valence-corrected chi connectivity index (χ0v) is 12.6. The maximum Gasteiger partial charge on any atom is 0.126 e. The van der Waals surface area contributed by atoms with Gasteiger partial charge in [0.2, 0.25) is 0 Å². The zero-order chi connectivity index (χ0) is 14.7. The van der Waals surface area contributed by atoms with Gasteiger partial charge in [0.05, 0.1) is 12.7 Å². The fraction of sp³-hybridized carbons (Fsp3) is 0.625. The van der Waals surface area contributed by atoms with Crippen LogP contribution in [0.3, 0.4) is 0 Å². The molecule has 3 unspecified atom stereocenters. The lowest BCUT2D eigenvalue weighted by molar-refractivity contribution is -0.0499. The van der Waals surface area contributed by atoms with Crippen LogP contribution in [0.4, 0.5) is 4.39 Å². The number of morpholine rings is 1. The first-order valence-corrected chi connectivity index (χ1v) is 7.34. The largest absolute Gasteiger partial charge is 0.376 e. The third-order valence-electron chi connectivity index (χ3n) is 4.09. The lowest BCUT2D eigenvalue weighted by Crippen LogP contribution is -2.47. The molecule has 1 fully saturated rings. The number of hydrogen-bond acceptors (Lipinski definition) is 3. The summed E-state index contributed by atoms with van der Waals surface area (Å²) >= 11 is 0. The van der Waals surface area contributed by atoms with Crippen LogP contribution in [0.2, 0.25) is 0 Å². The van der Waals surface area contributed by atoms with Crippen molar-refractivity contribution < 1.29 is 9.13 Å². The lowest BCUT2D eigenvalue weighted by atomic mass is 10.0. The Hall–Kier alpha value is -0.970. The van der Waals surface area contributed by atoms with Crippen LogP contribution in [0.5, 0.6) is 0 Å². The van der Waals surface area contributed by atoms with E-state index < -0.39 is 0 Å². The number of rotatable bonds is 4. The second-order valence-corrected chi connectivity index (χ2v) is 5.89. The Bertz CT molecular complexity index is 452. The molecule has 0 amide bonds. The van der Waals surface area contributed by atoms with E-state index in [9.17, 15) is 4.39 Å². The van der Waals surface area contributed by atoms with Gasteiger partial charge < -0.3 is 10.5 Å². The SMILES string of the molecule is Cc1ccc(C(N)CCN2CC(C)OCC2C)cc1F. The predicted octanol–water partition coefficient (Wildman–Crippen LogP) is 2.63. The Morgan fingerprint density at radius 1 is 1.45 bits per heavy atom. The van der Waals surface area contributed by atoms with Gasteiger partial charge in [-0.25, -0.2) is 4.39 Å². The lowest BCUT2D eigenvalue weighted by Gasteiger charge is -2.37. The zero-order valence-electron chi connectivity index (χ0n) is 12.6. The Morgan fingerprint density at radius 2 is 2.20 bits per heavy atom. The smallest absolute Gasteiger partial charge is 0.126 e. The van der Waals surface area contributed by atoms with E-state index in [-0.39, 0.29) is 18.0 Å². The molecule has 0 bridgehead atoms. The van der Waals surface area contributed by atoms with Gasteiger partial charge in [-0.1, -0.05) is 12.1 Å². The van der Waals surface area contributed by atoms with Crippen LogP contribution in [-0.2, 0) is 4.74 Å². The molecule has 1 saturated heterocycles. The van der Waals surface area contributed by atoms with E-state index in [0.717, 1.165) is 31.7 Å². The van der Waals surface area contributed by atoms with E-state index in [1.54, 1.807) is 19.1 Å². The van der Waals surface area contributed by atoms with E-state index in [1.807, 2.05) is 6.07 Å². The highest BCUT2D eigenvalue weighted by atomic mass is 19.1. The van der Waals surface area contributed by atoms with Gasteiger partial charge in [-0.05, 0) is 44.4 Å². The minimum absolute atomic E-state index is 0.115. The van der Waals surface area contributed by atoms with Crippen molar-refractivity contribution >= 4 is 0 Å². The maximum atomic E-state index is 13.6. The van der Waals surface area contributed by atoms with E-state index in [0.29, 0.717) is 11.6 Å². The molecule has 0 spiro atoms. The third-order valence-corrected chi connectivity index (χ3v) is 4.09. The second-order valence-electron chi connectivity index (χ2n) is 5.89. The number of halogens is 1. The van der Waals surface area contributed by atoms with Gasteiger partial charge in [0.25, 0.3) is 0 Å². The molecule has 3 nitrogen and oxygen atoms in total. The van der Waals surface area contributed by atoms with Crippen LogP contribution in [0.15, 0.2) is 18.2 Å². The second kappa shape index (κ2) is 6.66. The number of nitrogens with two attached hydrogens (primary N) is 1. The summed E-state index contributed by atoms with van der Waals surface area (Å²) in [7, 11) is 0. The summed E-state index contributed by atoms with van der Waals surface area (Å²) in [4.78, 5) is 2.40. The topological polar surface area (TPSA) is 38.5 Å². The van der Waals surface area contributed by atoms with Gasteiger partial charge in [0.1, 0.15) is 5.82 Å². The van der Waals surface area contributed by atoms with Gasteiger partial charge in [-0.3, -0.25) is 4.90 Å². The number of benzene rings is 1. The van der Waals surface area contributed by atoms with Gasteiger partial charge in [0.15, 0.2) is 0 Å². The molecule has 2 rings (SSSR count). The molecule has 0 aromatic heterocycles. The van der Waals surface area contributed by atoms with Crippen LogP contribution in [0.25, 0.3) is 0 Å². The predicted molar refractivity (Wildman–Crippen MR) is 79.1 cm³/mol. The number of nitrogens with zero attached hydrogens (tertiary/aromatic N) is 1. The highest BCUT2D eigenvalue weighted by Gasteiger charge is 2.23. The Balaban J connectivity index is 1.90. The summed E-state index contributed by atoms with van der Waals surface area (Å²) in [5, 5.41) is 0. The minimum Gasteiger partial charge on any atom is -0.376 e. The van der Waals surface area contributed by atoms with Crippen LogP contribution < -0.4 is 5.73 Å². The van der Waals surface area contributed by atoms with Crippen LogP contribution in [0, 0.1) is 12.7 Å². The average molecular weight is 280 g/mol. The first-order chi connectivity index (χ1) is 9.47. The van der Waals surface area contributed by atoms with Crippen LogP contribution in [0.1, 0.15) is 37.4 Å². The first-order valence-electron chi connectivity index (χ1n) is 7.34. The Morgan fingerprint density at radius 3 is 2.90 bits per heavy atom. The number of ether oxygens (including phenoxy) is 1. The summed E-state index contributed by atoms with van der Waals surface area (Å²) in [5.41, 5.74) is 7.73. The van der Waals surface area contributed by atoms with E-state index >= 15 is 0 Å². The quantitative estimate of drug-likeness (QED) is 0.921. The van der Waals surface area contributed by atoms with Crippen molar-refractivity contribution in [3.05, 3.63) is 35.1 Å². The summed E-state index contributed by atoms with van der Waals surface area (Å²) in [5.74, 6) is -0.175. The molecule has 2 N–H and O–H groups in total. The molecular formula is C16H25FN2O. The standard InChI is InChI=1S/C16H25FN2O/c1-11-4-5-14(8-15(11)17)16(18)6-7-19-9-13(3)20-10-12(19)2/h4-5,8,12-13,16H,6-7,9-10,18H2,1-3H3. The molecule has 4 heteroatoms. The summed E-state index contributed by atoms with van der Waals surface area (Å²) in [6.07, 6.45) is 1.11. The van der Waals surface area contributed by atoms with Crippen molar-refractivity contribution in [3.8, 4) is 0 Å². The molecule has 0 saturated carbocycles. The summed E-state index contributed by atoms with van der Waals surface area (Å²) < 4.78 is 19.2. The highest BCUT2D eigenvalue weighted by molar-refractivity contribution is 5.25. The fourth-order valence-corrected chi connectivity index (χ4v) is 2.59. The van der Waals surface area contributed by atoms with Gasteiger partial charge in [-0.2, -0.15) is 0 Å². The molecule has 1 aromatic carbocycles. The molecular weight excluding hydrogens is 255 g/mol. The molecule has 112 valence electrons. The average Bonchev–Trinajstić information content (AvgIpc) is 2.42. The molecule has 3 atom stereocenters. The van der Waals surface area contributed by atoms with Crippen molar-refractivity contribution in [2.24, 2.45) is 5.73 Å². The van der Waals surface area contributed by atoms with Crippen molar-refractivity contribution in [1.82, 2.24) is 4.90 Å². The minimum atomic E-state index is -0.175. The summed E-state index contributed by atoms with van der Waals surface area (Å²) in [6.45, 7) is 8.66. The third kappa shape index (κ3) is 3.78. The molecule has 1 aromatic rings. The van der Waals surface area contributed by atoms with Crippen molar-refractivity contribution in [1.29, 1.82) is 0 Å². The maximum absolute atomic E-state index is 13.6. The molecule has 1 aliphatic heterocycles. The first kappa shape index (κ1) is 15.4. The van der Waals surface area contributed by atoms with E-state index in [1.165, 1.54) is 0 Å². The number of hydrogen-bond donors (Lipinski definition) is 1. The molecule has 1 aliphatic rings.